The fourth-order valence-electron chi connectivity index (χ4n) is 2.23. The van der Waals surface area contributed by atoms with Crippen molar-refractivity contribution in [2.75, 3.05) is 5.43 Å². The SMILES string of the molecule is O=C(O)Cc1sc(N/N=C/c2ccc(-c3ccc(Cl)cc3[N+](=O)[O-])o2)nc1O. The third-order valence-electron chi connectivity index (χ3n) is 3.39. The highest BCUT2D eigenvalue weighted by molar-refractivity contribution is 7.16. The van der Waals surface area contributed by atoms with E-state index in [1.165, 1.54) is 24.4 Å². The summed E-state index contributed by atoms with van der Waals surface area (Å²) >= 11 is 6.75. The van der Waals surface area contributed by atoms with Gasteiger partial charge >= 0.3 is 5.97 Å². The molecule has 1 aromatic carbocycles. The number of anilines is 1. The summed E-state index contributed by atoms with van der Waals surface area (Å²) in [5.41, 5.74) is 2.63. The number of nitro benzene ring substituents is 1. The molecule has 28 heavy (non-hydrogen) atoms. The first-order valence-electron chi connectivity index (χ1n) is 7.57. The molecule has 3 rings (SSSR count). The highest BCUT2D eigenvalue weighted by Gasteiger charge is 2.18. The van der Waals surface area contributed by atoms with Gasteiger partial charge in [0.2, 0.25) is 11.0 Å². The summed E-state index contributed by atoms with van der Waals surface area (Å²) in [5, 5.41) is 33.8. The quantitative estimate of drug-likeness (QED) is 0.296. The molecule has 10 nitrogen and oxygen atoms in total. The van der Waals surface area contributed by atoms with Crippen LogP contribution in [0.1, 0.15) is 10.6 Å². The highest BCUT2D eigenvalue weighted by atomic mass is 35.5. The standard InChI is InChI=1S/C16H11ClN4O6S/c17-8-1-3-10(11(5-8)21(25)26)12-4-2-9(27-12)7-18-20-16-19-15(24)13(28-16)6-14(22)23/h1-5,7,24H,6H2,(H,19,20)(H,22,23)/b18-7+. The third kappa shape index (κ3) is 4.45. The second kappa shape index (κ2) is 8.06. The monoisotopic (exact) mass is 422 g/mol. The van der Waals surface area contributed by atoms with Crippen LogP contribution in [-0.2, 0) is 11.2 Å². The number of thiazole rings is 1. The first-order valence-corrected chi connectivity index (χ1v) is 8.76. The van der Waals surface area contributed by atoms with Crippen LogP contribution in [0.4, 0.5) is 10.8 Å². The number of furan rings is 1. The summed E-state index contributed by atoms with van der Waals surface area (Å²) in [6.45, 7) is 0. The van der Waals surface area contributed by atoms with Crippen molar-refractivity contribution in [1.82, 2.24) is 4.98 Å². The summed E-state index contributed by atoms with van der Waals surface area (Å²) in [6.07, 6.45) is 0.955. The first kappa shape index (κ1) is 19.3. The van der Waals surface area contributed by atoms with Crippen molar-refractivity contribution in [3.63, 3.8) is 0 Å². The zero-order chi connectivity index (χ0) is 20.3. The molecule has 0 bridgehead atoms. The van der Waals surface area contributed by atoms with Gasteiger partial charge in [0.15, 0.2) is 0 Å². The highest BCUT2D eigenvalue weighted by Crippen LogP contribution is 2.33. The van der Waals surface area contributed by atoms with Crippen molar-refractivity contribution in [3.8, 4) is 17.2 Å². The van der Waals surface area contributed by atoms with E-state index in [2.05, 4.69) is 15.5 Å². The van der Waals surface area contributed by atoms with Gasteiger partial charge in [0.05, 0.1) is 28.0 Å². The number of carboxylic acid groups (broad SMARTS) is 1. The predicted molar refractivity (Wildman–Crippen MR) is 102 cm³/mol. The molecule has 0 saturated heterocycles. The van der Waals surface area contributed by atoms with Gasteiger partial charge < -0.3 is 14.6 Å². The molecule has 0 unspecified atom stereocenters. The van der Waals surface area contributed by atoms with Crippen molar-refractivity contribution in [1.29, 1.82) is 0 Å². The van der Waals surface area contributed by atoms with Crippen LogP contribution < -0.4 is 5.43 Å². The van der Waals surface area contributed by atoms with Gasteiger partial charge in [-0.2, -0.15) is 10.1 Å². The lowest BCUT2D eigenvalue weighted by Crippen LogP contribution is -1.97. The molecular formula is C16H11ClN4O6S. The molecule has 2 heterocycles. The van der Waals surface area contributed by atoms with Gasteiger partial charge in [0, 0.05) is 11.1 Å². The molecule has 144 valence electrons. The molecule has 0 aliphatic rings. The molecule has 12 heteroatoms. The van der Waals surface area contributed by atoms with Crippen LogP contribution >= 0.6 is 22.9 Å². The van der Waals surface area contributed by atoms with E-state index in [0.717, 1.165) is 11.3 Å². The molecule has 2 aromatic heterocycles. The third-order valence-corrected chi connectivity index (χ3v) is 4.57. The van der Waals surface area contributed by atoms with E-state index in [-0.39, 0.29) is 44.3 Å². The second-order valence-electron chi connectivity index (χ2n) is 5.33. The number of rotatable bonds is 7. The Balaban J connectivity index is 1.73. The number of aliphatic carboxylic acids is 1. The number of carbonyl (C=O) groups is 1. The number of aromatic nitrogens is 1. The molecule has 0 aliphatic carbocycles. The number of hydrazone groups is 1. The van der Waals surface area contributed by atoms with E-state index in [1.54, 1.807) is 12.1 Å². The minimum atomic E-state index is -1.09. The molecule has 0 aliphatic heterocycles. The summed E-state index contributed by atoms with van der Waals surface area (Å²) in [4.78, 5) is 25.3. The lowest BCUT2D eigenvalue weighted by molar-refractivity contribution is -0.384. The molecule has 0 fully saturated rings. The van der Waals surface area contributed by atoms with Crippen LogP contribution in [0.15, 0.2) is 39.9 Å². The lowest BCUT2D eigenvalue weighted by Gasteiger charge is -2.00. The van der Waals surface area contributed by atoms with Gasteiger partial charge in [0.1, 0.15) is 11.5 Å². The Morgan fingerprint density at radius 3 is 2.93 bits per heavy atom. The van der Waals surface area contributed by atoms with Crippen molar-refractivity contribution in [2.24, 2.45) is 5.10 Å². The van der Waals surface area contributed by atoms with Crippen molar-refractivity contribution in [3.05, 3.63) is 56.1 Å². The van der Waals surface area contributed by atoms with Gasteiger partial charge in [-0.25, -0.2) is 0 Å². The van der Waals surface area contributed by atoms with Crippen LogP contribution in [0.3, 0.4) is 0 Å². The van der Waals surface area contributed by atoms with E-state index >= 15 is 0 Å². The average molecular weight is 423 g/mol. The Bertz CT molecular complexity index is 1080. The molecule has 0 radical (unpaired) electrons. The number of hydrogen-bond donors (Lipinski definition) is 3. The second-order valence-corrected chi connectivity index (χ2v) is 6.85. The normalized spacial score (nSPS) is 11.0. The average Bonchev–Trinajstić information content (AvgIpc) is 3.21. The molecule has 0 saturated carbocycles. The van der Waals surface area contributed by atoms with Crippen molar-refractivity contribution >= 4 is 45.9 Å². The lowest BCUT2D eigenvalue weighted by atomic mass is 10.1. The smallest absolute Gasteiger partial charge is 0.308 e. The Labute approximate surface area is 165 Å². The van der Waals surface area contributed by atoms with Gasteiger partial charge in [-0.1, -0.05) is 22.9 Å². The van der Waals surface area contributed by atoms with E-state index in [9.17, 15) is 20.0 Å². The van der Waals surface area contributed by atoms with E-state index < -0.39 is 10.9 Å². The van der Waals surface area contributed by atoms with Crippen LogP contribution in [-0.4, -0.2) is 32.3 Å². The largest absolute Gasteiger partial charge is 0.492 e. The van der Waals surface area contributed by atoms with Crippen molar-refractivity contribution in [2.45, 2.75) is 6.42 Å². The number of nitrogens with one attached hydrogen (secondary N) is 1. The van der Waals surface area contributed by atoms with Gasteiger partial charge in [0.25, 0.3) is 5.69 Å². The fourth-order valence-corrected chi connectivity index (χ4v) is 3.19. The van der Waals surface area contributed by atoms with Crippen LogP contribution in [0.2, 0.25) is 5.02 Å². The number of carboxylic acids is 1. The number of hydrogen-bond acceptors (Lipinski definition) is 9. The summed E-state index contributed by atoms with van der Waals surface area (Å²) in [7, 11) is 0. The van der Waals surface area contributed by atoms with Crippen LogP contribution in [0.25, 0.3) is 11.3 Å². The van der Waals surface area contributed by atoms with Crippen LogP contribution in [0, 0.1) is 10.1 Å². The number of benzene rings is 1. The number of nitro groups is 1. The molecule has 3 aromatic rings. The van der Waals surface area contributed by atoms with Gasteiger partial charge in [-0.15, -0.1) is 0 Å². The minimum Gasteiger partial charge on any atom is -0.492 e. The fraction of sp³-hybridized carbons (Fsp3) is 0.0625. The maximum Gasteiger partial charge on any atom is 0.308 e. The zero-order valence-corrected chi connectivity index (χ0v) is 15.4. The van der Waals surface area contributed by atoms with E-state index in [1.807, 2.05) is 0 Å². The predicted octanol–water partition coefficient (Wildman–Crippen LogP) is 3.74. The Hall–Kier alpha value is -3.44. The summed E-state index contributed by atoms with van der Waals surface area (Å²) in [5.74, 6) is -0.896. The van der Waals surface area contributed by atoms with Crippen molar-refractivity contribution < 1.29 is 24.3 Å². The maximum absolute atomic E-state index is 11.2. The topological polar surface area (TPSA) is 151 Å². The minimum absolute atomic E-state index is 0.187. The Kier molecular flexibility index (Phi) is 5.57. The van der Waals surface area contributed by atoms with Gasteiger partial charge in [-0.05, 0) is 24.3 Å². The zero-order valence-electron chi connectivity index (χ0n) is 13.8. The number of nitrogens with zero attached hydrogens (tertiary/aromatic N) is 3. The maximum atomic E-state index is 11.2. The molecule has 0 amide bonds. The number of aromatic hydroxyl groups is 1. The molecular weight excluding hydrogens is 412 g/mol. The van der Waals surface area contributed by atoms with Gasteiger partial charge in [-0.3, -0.25) is 20.3 Å². The summed E-state index contributed by atoms with van der Waals surface area (Å²) in [6, 6.07) is 7.36. The summed E-state index contributed by atoms with van der Waals surface area (Å²) < 4.78 is 5.54. The van der Waals surface area contributed by atoms with Crippen LogP contribution in [0.5, 0.6) is 5.88 Å². The molecule has 0 spiro atoms. The first-order chi connectivity index (χ1) is 13.3. The number of halogens is 1. The molecule has 3 N–H and O–H groups in total. The molecule has 0 atom stereocenters. The Morgan fingerprint density at radius 1 is 1.43 bits per heavy atom. The Morgan fingerprint density at radius 2 is 2.21 bits per heavy atom. The van der Waals surface area contributed by atoms with E-state index in [0.29, 0.717) is 5.76 Å². The van der Waals surface area contributed by atoms with E-state index in [4.69, 9.17) is 21.1 Å².